The molecule has 1 aromatic heterocycles. The van der Waals surface area contributed by atoms with Crippen molar-refractivity contribution in [3.8, 4) is 11.5 Å². The normalized spacial score (nSPS) is 24.5. The summed E-state index contributed by atoms with van der Waals surface area (Å²) in [6.07, 6.45) is 1.82. The second kappa shape index (κ2) is 15.5. The first-order chi connectivity index (χ1) is 24.8. The van der Waals surface area contributed by atoms with Gasteiger partial charge in [-0.15, -0.1) is 11.6 Å². The van der Waals surface area contributed by atoms with Crippen LogP contribution in [0, 0.1) is 11.8 Å². The molecule has 1 fully saturated rings. The molecule has 3 aliphatic carbocycles. The molecule has 0 bridgehead atoms. The third-order valence-electron chi connectivity index (χ3n) is 11.5. The smallest absolute Gasteiger partial charge is 0.471 e. The Balaban J connectivity index is 1.33. The molecule has 12 heteroatoms. The van der Waals surface area contributed by atoms with Crippen LogP contribution >= 0.6 is 23.2 Å². The molecular weight excluding hydrogens is 716 g/mol. The van der Waals surface area contributed by atoms with Crippen LogP contribution < -0.4 is 14.4 Å². The first-order valence-corrected chi connectivity index (χ1v) is 18.9. The number of carbonyl (C=O) groups is 2. The van der Waals surface area contributed by atoms with Gasteiger partial charge in [0.2, 0.25) is 0 Å². The van der Waals surface area contributed by atoms with E-state index in [1.54, 1.807) is 0 Å². The van der Waals surface area contributed by atoms with Crippen LogP contribution in [0.1, 0.15) is 87.1 Å². The van der Waals surface area contributed by atoms with E-state index in [2.05, 4.69) is 24.9 Å². The summed E-state index contributed by atoms with van der Waals surface area (Å²) >= 11 is 12.1. The number of nitrogens with zero attached hydrogens (tertiary/aromatic N) is 2. The van der Waals surface area contributed by atoms with Gasteiger partial charge < -0.3 is 14.2 Å². The summed E-state index contributed by atoms with van der Waals surface area (Å²) in [7, 11) is 1.14. The van der Waals surface area contributed by atoms with Crippen molar-refractivity contribution in [2.75, 3.05) is 31.1 Å². The second-order valence-corrected chi connectivity index (χ2v) is 15.5. The Morgan fingerprint density at radius 1 is 1.08 bits per heavy atom. The molecule has 0 aliphatic heterocycles. The topological polar surface area (TPSA) is 78.0 Å². The second-order valence-electron chi connectivity index (χ2n) is 14.7. The minimum absolute atomic E-state index is 0.0529. The number of rotatable bonds is 11. The summed E-state index contributed by atoms with van der Waals surface area (Å²) in [4.78, 5) is 32.2. The van der Waals surface area contributed by atoms with E-state index < -0.39 is 29.0 Å². The van der Waals surface area contributed by atoms with E-state index in [1.165, 1.54) is 29.8 Å². The first-order valence-electron chi connectivity index (χ1n) is 18.0. The van der Waals surface area contributed by atoms with Gasteiger partial charge in [-0.3, -0.25) is 14.7 Å². The van der Waals surface area contributed by atoms with E-state index in [4.69, 9.17) is 37.4 Å². The van der Waals surface area contributed by atoms with Crippen LogP contribution in [0.15, 0.2) is 54.7 Å². The number of carbonyl (C=O) groups excluding carboxylic acids is 2. The molecule has 2 aromatic carbocycles. The molecule has 3 aromatic rings. The largest absolute Gasteiger partial charge is 0.493 e. The van der Waals surface area contributed by atoms with Crippen molar-refractivity contribution in [1.82, 2.24) is 4.98 Å². The zero-order valence-corrected chi connectivity index (χ0v) is 31.3. The van der Waals surface area contributed by atoms with Gasteiger partial charge in [-0.25, -0.2) is 4.79 Å². The van der Waals surface area contributed by atoms with Crippen LogP contribution in [0.5, 0.6) is 11.5 Å². The summed E-state index contributed by atoms with van der Waals surface area (Å²) in [5.41, 5.74) is 1.96. The van der Waals surface area contributed by atoms with E-state index in [1.807, 2.05) is 24.4 Å². The van der Waals surface area contributed by atoms with E-state index in [0.29, 0.717) is 48.5 Å². The summed E-state index contributed by atoms with van der Waals surface area (Å²) in [6, 6.07) is 13.5. The summed E-state index contributed by atoms with van der Waals surface area (Å²) < 4.78 is 60.6. The lowest BCUT2D eigenvalue weighted by Crippen LogP contribution is -2.63. The number of benzene rings is 2. The third-order valence-corrected chi connectivity index (χ3v) is 11.9. The minimum Gasteiger partial charge on any atom is -0.493 e. The number of aromatic nitrogens is 1. The Labute approximate surface area is 313 Å². The third kappa shape index (κ3) is 7.34. The Hall–Kier alpha value is -3.50. The summed E-state index contributed by atoms with van der Waals surface area (Å²) in [6.45, 7) is 5.19. The number of pyridine rings is 1. The predicted molar refractivity (Wildman–Crippen MR) is 195 cm³/mol. The van der Waals surface area contributed by atoms with Crippen LogP contribution in [0.4, 0.5) is 18.9 Å². The molecule has 3 aliphatic rings. The first kappa shape index (κ1) is 38.2. The molecule has 52 heavy (non-hydrogen) atoms. The van der Waals surface area contributed by atoms with Crippen LogP contribution in [-0.2, 0) is 32.6 Å². The van der Waals surface area contributed by atoms with Crippen LogP contribution in [0.25, 0.3) is 0 Å². The molecule has 1 spiro atoms. The lowest BCUT2D eigenvalue weighted by Gasteiger charge is -2.51. The van der Waals surface area contributed by atoms with Gasteiger partial charge in [0.05, 0.1) is 19.6 Å². The summed E-state index contributed by atoms with van der Waals surface area (Å²) in [5.74, 6) is -0.596. The van der Waals surface area contributed by atoms with Crippen LogP contribution in [0.2, 0.25) is 5.02 Å². The molecule has 0 unspecified atom stereocenters. The average Bonchev–Trinajstić information content (AvgIpc) is 3.41. The highest BCUT2D eigenvalue weighted by molar-refractivity contribution is 6.31. The predicted octanol–water partition coefficient (Wildman–Crippen LogP) is 9.39. The number of ether oxygens (including phenoxy) is 3. The number of aryl methyl sites for hydroxylation is 1. The highest BCUT2D eigenvalue weighted by Gasteiger charge is 2.60. The van der Waals surface area contributed by atoms with Crippen molar-refractivity contribution in [3.05, 3.63) is 82.1 Å². The number of methoxy groups -OCH3 is 1. The number of esters is 1. The van der Waals surface area contributed by atoms with E-state index in [0.717, 1.165) is 61.8 Å². The molecule has 1 saturated carbocycles. The molecular formula is C40H45Cl2F3N2O5. The SMILES string of the molecule is COC(=O)C1(N(C(=O)C(F)(F)F)c2cccc(Cl)c2)CCC2(CC1)c1cc(OCCCl)ccc1C[C@@H]2C[C@@H](C)COc1ccnc2c1[C@H](C)CCC2. The van der Waals surface area contributed by atoms with Gasteiger partial charge in [0.25, 0.3) is 0 Å². The van der Waals surface area contributed by atoms with Crippen LogP contribution in [-0.4, -0.2) is 54.8 Å². The number of halogens is 5. The van der Waals surface area contributed by atoms with Gasteiger partial charge in [0.15, 0.2) is 0 Å². The molecule has 280 valence electrons. The molecule has 7 nitrogen and oxygen atoms in total. The zero-order valence-electron chi connectivity index (χ0n) is 29.7. The van der Waals surface area contributed by atoms with Crippen LogP contribution in [0.3, 0.4) is 0 Å². The molecule has 0 radical (unpaired) electrons. The number of amides is 1. The van der Waals surface area contributed by atoms with Crippen molar-refractivity contribution in [1.29, 1.82) is 0 Å². The number of hydrogen-bond donors (Lipinski definition) is 0. The summed E-state index contributed by atoms with van der Waals surface area (Å²) in [5, 5.41) is 0.136. The van der Waals surface area contributed by atoms with Crippen molar-refractivity contribution in [2.45, 2.75) is 94.7 Å². The highest BCUT2D eigenvalue weighted by atomic mass is 35.5. The number of alkyl halides is 4. The lowest BCUT2D eigenvalue weighted by atomic mass is 9.59. The zero-order chi connectivity index (χ0) is 37.3. The van der Waals surface area contributed by atoms with Crippen molar-refractivity contribution < 1.29 is 37.0 Å². The molecule has 0 saturated heterocycles. The highest BCUT2D eigenvalue weighted by Crippen LogP contribution is 2.58. The van der Waals surface area contributed by atoms with E-state index >= 15 is 0 Å². The van der Waals surface area contributed by atoms with Gasteiger partial charge in [-0.05, 0) is 128 Å². The van der Waals surface area contributed by atoms with Gasteiger partial charge in [0.1, 0.15) is 23.6 Å². The maximum Gasteiger partial charge on any atom is 0.471 e. The number of hydrogen-bond acceptors (Lipinski definition) is 6. The molecule has 6 rings (SSSR count). The monoisotopic (exact) mass is 760 g/mol. The maximum atomic E-state index is 14.3. The maximum absolute atomic E-state index is 14.3. The minimum atomic E-state index is -5.25. The number of fused-ring (bicyclic) bond motifs is 3. The van der Waals surface area contributed by atoms with Gasteiger partial charge in [0, 0.05) is 28.2 Å². The van der Waals surface area contributed by atoms with Crippen molar-refractivity contribution in [3.63, 3.8) is 0 Å². The Morgan fingerprint density at radius 2 is 1.85 bits per heavy atom. The van der Waals surface area contributed by atoms with E-state index in [9.17, 15) is 22.8 Å². The van der Waals surface area contributed by atoms with Gasteiger partial charge in [-0.1, -0.05) is 37.6 Å². The fraction of sp³-hybridized carbons (Fsp3) is 0.525. The van der Waals surface area contributed by atoms with Crippen molar-refractivity contribution >= 4 is 40.8 Å². The molecule has 1 heterocycles. The number of anilines is 1. The van der Waals surface area contributed by atoms with Gasteiger partial charge in [-0.2, -0.15) is 13.2 Å². The average molecular weight is 762 g/mol. The molecule has 3 atom stereocenters. The quantitative estimate of drug-likeness (QED) is 0.143. The fourth-order valence-electron chi connectivity index (χ4n) is 9.08. The Kier molecular flexibility index (Phi) is 11.4. The van der Waals surface area contributed by atoms with Crippen molar-refractivity contribution in [2.24, 2.45) is 11.8 Å². The van der Waals surface area contributed by atoms with Gasteiger partial charge >= 0.3 is 18.1 Å². The molecule has 1 amide bonds. The standard InChI is InChI=1S/C40H45Cl2F3N2O5/c1-25(24-52-34-12-18-46-33-9-4-6-26(2)35(33)34)20-28-21-27-10-11-31(51-19-17-41)23-32(27)38(28)13-15-39(16-14-38,37(49)50-3)47(36(48)40(43,44)45)30-8-5-7-29(42)22-30/h5,7-8,10-12,18,22-23,25-26,28H,4,6,9,13-17,19-21,24H2,1-3H3/t25-,26-,28+,38?,39?/m1/s1. The molecule has 0 N–H and O–H groups in total. The Bertz CT molecular complexity index is 1780. The fourth-order valence-corrected chi connectivity index (χ4v) is 9.35. The lowest BCUT2D eigenvalue weighted by molar-refractivity contribution is -0.174. The Morgan fingerprint density at radius 3 is 2.54 bits per heavy atom. The van der Waals surface area contributed by atoms with E-state index in [-0.39, 0.29) is 35.4 Å².